The number of urea groups is 1. The summed E-state index contributed by atoms with van der Waals surface area (Å²) in [4.78, 5) is 40.7. The van der Waals surface area contributed by atoms with Gasteiger partial charge in [0.05, 0.1) is 19.3 Å². The molecule has 9 nitrogen and oxygen atoms in total. The normalized spacial score (nSPS) is 20.7. The molecule has 1 aliphatic carbocycles. The zero-order valence-electron chi connectivity index (χ0n) is 20.2. The topological polar surface area (TPSA) is 120 Å². The third kappa shape index (κ3) is 7.62. The molecule has 0 aromatic heterocycles. The van der Waals surface area contributed by atoms with Crippen molar-refractivity contribution in [3.8, 4) is 0 Å². The molecular formula is C23H42N4O5. The molecule has 1 heterocycles. The number of hydrogen-bond donors (Lipinski definition) is 4. The molecule has 9 heteroatoms. The van der Waals surface area contributed by atoms with E-state index in [0.717, 1.165) is 32.1 Å². The van der Waals surface area contributed by atoms with Gasteiger partial charge in [-0.1, -0.05) is 39.0 Å². The lowest BCUT2D eigenvalue weighted by Gasteiger charge is -2.40. The van der Waals surface area contributed by atoms with E-state index in [-0.39, 0.29) is 11.9 Å². The maximum atomic E-state index is 13.5. The molecule has 1 unspecified atom stereocenters. The molecule has 32 heavy (non-hydrogen) atoms. The predicted octanol–water partition coefficient (Wildman–Crippen LogP) is 1.68. The Morgan fingerprint density at radius 3 is 2.28 bits per heavy atom. The Morgan fingerprint density at radius 1 is 1.09 bits per heavy atom. The van der Waals surface area contributed by atoms with Crippen molar-refractivity contribution in [3.05, 3.63) is 0 Å². The zero-order valence-corrected chi connectivity index (χ0v) is 20.2. The van der Waals surface area contributed by atoms with Crippen LogP contribution >= 0.6 is 0 Å². The lowest BCUT2D eigenvalue weighted by atomic mass is 9.80. The van der Waals surface area contributed by atoms with Crippen LogP contribution in [0, 0.1) is 0 Å². The van der Waals surface area contributed by atoms with Crippen LogP contribution in [0.15, 0.2) is 0 Å². The van der Waals surface area contributed by atoms with Crippen LogP contribution in [-0.4, -0.2) is 77.4 Å². The molecule has 184 valence electrons. The van der Waals surface area contributed by atoms with E-state index in [4.69, 9.17) is 4.74 Å². The Bertz CT molecular complexity index is 637. The van der Waals surface area contributed by atoms with Crippen molar-refractivity contribution < 1.29 is 24.2 Å². The minimum absolute atomic E-state index is 0.263. The van der Waals surface area contributed by atoms with E-state index in [9.17, 15) is 19.5 Å². The van der Waals surface area contributed by atoms with E-state index in [2.05, 4.69) is 16.0 Å². The first kappa shape index (κ1) is 26.4. The standard InChI is InChI=1S/C23H42N4O5/c1-5-6-10-17(18(28)19(29)25-22(2,3)4)24-20(30)23(11-8-7-9-12-23)26-21(31)27-13-15-32-16-14-27/h17-18,28H,5-16H2,1-4H3,(H,24,30)(H,25,29)(H,26,31)/t17-,18?/m0/s1. The number of aliphatic hydroxyl groups is 1. The molecule has 1 aliphatic heterocycles. The predicted molar refractivity (Wildman–Crippen MR) is 122 cm³/mol. The first-order valence-corrected chi connectivity index (χ1v) is 12.0. The number of aliphatic hydroxyl groups excluding tert-OH is 1. The van der Waals surface area contributed by atoms with E-state index in [1.165, 1.54) is 0 Å². The largest absolute Gasteiger partial charge is 0.381 e. The average Bonchev–Trinajstić information content (AvgIpc) is 2.76. The summed E-state index contributed by atoms with van der Waals surface area (Å²) in [6, 6.07) is -0.981. The van der Waals surface area contributed by atoms with E-state index < -0.39 is 29.1 Å². The average molecular weight is 455 g/mol. The summed E-state index contributed by atoms with van der Waals surface area (Å²) < 4.78 is 5.32. The number of ether oxygens (including phenoxy) is 1. The van der Waals surface area contributed by atoms with Crippen LogP contribution in [0.1, 0.15) is 79.1 Å². The number of carbonyl (C=O) groups is 3. The van der Waals surface area contributed by atoms with Crippen LogP contribution in [0.4, 0.5) is 4.79 Å². The number of morpholine rings is 1. The minimum atomic E-state index is -1.36. The summed E-state index contributed by atoms with van der Waals surface area (Å²) in [6.07, 6.45) is 4.52. The van der Waals surface area contributed by atoms with E-state index in [1.54, 1.807) is 4.90 Å². The van der Waals surface area contributed by atoms with Crippen molar-refractivity contribution in [3.63, 3.8) is 0 Å². The Balaban J connectivity index is 2.14. The maximum absolute atomic E-state index is 13.5. The van der Waals surface area contributed by atoms with Gasteiger partial charge in [0.2, 0.25) is 5.91 Å². The van der Waals surface area contributed by atoms with Crippen LogP contribution < -0.4 is 16.0 Å². The third-order valence-corrected chi connectivity index (χ3v) is 6.12. The van der Waals surface area contributed by atoms with Crippen molar-refractivity contribution in [1.29, 1.82) is 0 Å². The SMILES string of the molecule is CCCC[C@H](NC(=O)C1(NC(=O)N2CCOCC2)CCCCC1)C(O)C(=O)NC(C)(C)C. The number of amides is 4. The fraction of sp³-hybridized carbons (Fsp3) is 0.870. The Hall–Kier alpha value is -1.87. The first-order valence-electron chi connectivity index (χ1n) is 12.0. The quantitative estimate of drug-likeness (QED) is 0.445. The fourth-order valence-electron chi connectivity index (χ4n) is 4.28. The second-order valence-electron chi connectivity index (χ2n) is 10.1. The van der Waals surface area contributed by atoms with Crippen LogP contribution in [0.3, 0.4) is 0 Å². The molecule has 2 rings (SSSR count). The molecule has 1 saturated carbocycles. The molecule has 0 bridgehead atoms. The fourth-order valence-corrected chi connectivity index (χ4v) is 4.28. The summed E-state index contributed by atoms with van der Waals surface area (Å²) in [5, 5.41) is 19.5. The highest BCUT2D eigenvalue weighted by Crippen LogP contribution is 2.29. The van der Waals surface area contributed by atoms with Gasteiger partial charge in [0.25, 0.3) is 5.91 Å². The Kier molecular flexibility index (Phi) is 9.76. The number of unbranched alkanes of at least 4 members (excludes halogenated alkanes) is 1. The Labute approximate surface area is 192 Å². The molecule has 2 fully saturated rings. The molecular weight excluding hydrogens is 412 g/mol. The summed E-state index contributed by atoms with van der Waals surface area (Å²) >= 11 is 0. The third-order valence-electron chi connectivity index (χ3n) is 6.12. The molecule has 1 saturated heterocycles. The van der Waals surface area contributed by atoms with Gasteiger partial charge in [0.1, 0.15) is 5.54 Å². The van der Waals surface area contributed by atoms with Crippen molar-refractivity contribution in [1.82, 2.24) is 20.9 Å². The van der Waals surface area contributed by atoms with E-state index >= 15 is 0 Å². The monoisotopic (exact) mass is 454 g/mol. The van der Waals surface area contributed by atoms with Gasteiger partial charge in [-0.3, -0.25) is 9.59 Å². The molecule has 0 radical (unpaired) electrons. The second-order valence-corrected chi connectivity index (χ2v) is 10.1. The molecule has 4 amide bonds. The van der Waals surface area contributed by atoms with Crippen molar-refractivity contribution >= 4 is 17.8 Å². The number of nitrogens with one attached hydrogen (secondary N) is 3. The highest BCUT2D eigenvalue weighted by Gasteiger charge is 2.43. The first-order chi connectivity index (χ1) is 15.1. The van der Waals surface area contributed by atoms with Gasteiger partial charge in [0, 0.05) is 18.6 Å². The van der Waals surface area contributed by atoms with Gasteiger partial charge in [-0.25, -0.2) is 4.79 Å². The number of rotatable bonds is 8. The molecule has 2 atom stereocenters. The summed E-state index contributed by atoms with van der Waals surface area (Å²) in [5.41, 5.74) is -1.52. The summed E-state index contributed by atoms with van der Waals surface area (Å²) in [7, 11) is 0. The van der Waals surface area contributed by atoms with Gasteiger partial charge in [0.15, 0.2) is 6.10 Å². The van der Waals surface area contributed by atoms with Gasteiger partial charge in [-0.2, -0.15) is 0 Å². The minimum Gasteiger partial charge on any atom is -0.381 e. The van der Waals surface area contributed by atoms with Gasteiger partial charge >= 0.3 is 6.03 Å². The second kappa shape index (κ2) is 11.8. The van der Waals surface area contributed by atoms with E-state index in [0.29, 0.717) is 45.6 Å². The van der Waals surface area contributed by atoms with Crippen LogP contribution in [0.25, 0.3) is 0 Å². The lowest BCUT2D eigenvalue weighted by molar-refractivity contribution is -0.135. The smallest absolute Gasteiger partial charge is 0.318 e. The molecule has 2 aliphatic rings. The van der Waals surface area contributed by atoms with Crippen molar-refractivity contribution in [2.45, 2.75) is 102 Å². The Morgan fingerprint density at radius 2 is 1.72 bits per heavy atom. The van der Waals surface area contributed by atoms with Crippen LogP contribution in [0.5, 0.6) is 0 Å². The van der Waals surface area contributed by atoms with Gasteiger partial charge < -0.3 is 30.7 Å². The molecule has 0 spiro atoms. The number of hydrogen-bond acceptors (Lipinski definition) is 5. The van der Waals surface area contributed by atoms with Crippen molar-refractivity contribution in [2.75, 3.05) is 26.3 Å². The maximum Gasteiger partial charge on any atom is 0.318 e. The molecule has 0 aromatic carbocycles. The van der Waals surface area contributed by atoms with Crippen molar-refractivity contribution in [2.24, 2.45) is 0 Å². The number of carbonyl (C=O) groups excluding carboxylic acids is 3. The van der Waals surface area contributed by atoms with Crippen LogP contribution in [0.2, 0.25) is 0 Å². The summed E-state index contributed by atoms with van der Waals surface area (Å²) in [5.74, 6) is -0.823. The molecule has 4 N–H and O–H groups in total. The zero-order chi connectivity index (χ0) is 23.8. The van der Waals surface area contributed by atoms with Gasteiger partial charge in [-0.15, -0.1) is 0 Å². The van der Waals surface area contributed by atoms with Gasteiger partial charge in [-0.05, 0) is 40.0 Å². The molecule has 0 aromatic rings. The number of nitrogens with zero attached hydrogens (tertiary/aromatic N) is 1. The highest BCUT2D eigenvalue weighted by molar-refractivity contribution is 5.92. The van der Waals surface area contributed by atoms with E-state index in [1.807, 2.05) is 27.7 Å². The lowest BCUT2D eigenvalue weighted by Crippen LogP contribution is -2.65. The summed E-state index contributed by atoms with van der Waals surface area (Å²) in [6.45, 7) is 9.51. The van der Waals surface area contributed by atoms with Crippen LogP contribution in [-0.2, 0) is 14.3 Å². The highest BCUT2D eigenvalue weighted by atomic mass is 16.5.